The number of hydrogen-bond acceptors (Lipinski definition) is 4. The molecule has 0 spiro atoms. The number of nitrogens with one attached hydrogen (secondary N) is 2. The number of ether oxygens (including phenoxy) is 2. The molecular formula is C20H31N5O2. The van der Waals surface area contributed by atoms with E-state index in [1.54, 1.807) is 13.3 Å². The Balaban J connectivity index is 1.79. The molecule has 0 saturated heterocycles. The fourth-order valence-corrected chi connectivity index (χ4v) is 2.68. The third-order valence-corrected chi connectivity index (χ3v) is 3.99. The maximum atomic E-state index is 5.64. The van der Waals surface area contributed by atoms with Gasteiger partial charge in [-0.15, -0.1) is 0 Å². The Morgan fingerprint density at radius 3 is 2.81 bits per heavy atom. The molecular weight excluding hydrogens is 342 g/mol. The molecule has 0 unspecified atom stereocenters. The number of hydrogen-bond donors (Lipinski definition) is 2. The number of rotatable bonds is 11. The van der Waals surface area contributed by atoms with Crippen molar-refractivity contribution in [3.63, 3.8) is 0 Å². The van der Waals surface area contributed by atoms with E-state index in [0.29, 0.717) is 6.61 Å². The molecule has 0 aliphatic carbocycles. The van der Waals surface area contributed by atoms with E-state index >= 15 is 0 Å². The summed E-state index contributed by atoms with van der Waals surface area (Å²) in [6.45, 7) is 7.93. The van der Waals surface area contributed by atoms with Gasteiger partial charge in [0.2, 0.25) is 0 Å². The summed E-state index contributed by atoms with van der Waals surface area (Å²) in [5.74, 6) is 2.42. The maximum Gasteiger partial charge on any atom is 0.191 e. The molecule has 0 fully saturated rings. The quantitative estimate of drug-likeness (QED) is 0.360. The van der Waals surface area contributed by atoms with E-state index in [9.17, 15) is 0 Å². The molecule has 0 radical (unpaired) electrons. The number of benzene rings is 1. The first-order valence-corrected chi connectivity index (χ1v) is 9.54. The van der Waals surface area contributed by atoms with Gasteiger partial charge in [0, 0.05) is 38.6 Å². The molecule has 1 aromatic heterocycles. The van der Waals surface area contributed by atoms with Gasteiger partial charge in [-0.05, 0) is 44.4 Å². The van der Waals surface area contributed by atoms with Crippen LogP contribution in [0.2, 0.25) is 0 Å². The van der Waals surface area contributed by atoms with Crippen molar-refractivity contribution in [1.29, 1.82) is 0 Å². The Kier molecular flexibility index (Phi) is 9.03. The number of methoxy groups -OCH3 is 1. The lowest BCUT2D eigenvalue weighted by Crippen LogP contribution is -2.38. The highest BCUT2D eigenvalue weighted by Crippen LogP contribution is 2.28. The molecule has 7 heteroatoms. The largest absolute Gasteiger partial charge is 0.493 e. The Morgan fingerprint density at radius 2 is 2.11 bits per heavy atom. The van der Waals surface area contributed by atoms with Gasteiger partial charge in [-0.2, -0.15) is 0 Å². The van der Waals surface area contributed by atoms with Crippen LogP contribution in [0.5, 0.6) is 11.5 Å². The molecule has 0 atom stereocenters. The van der Waals surface area contributed by atoms with Gasteiger partial charge in [-0.25, -0.2) is 4.98 Å². The molecule has 2 rings (SSSR count). The monoisotopic (exact) mass is 373 g/mol. The average Bonchev–Trinajstić information content (AvgIpc) is 3.19. The van der Waals surface area contributed by atoms with Crippen LogP contribution in [0.25, 0.3) is 0 Å². The number of aryl methyl sites for hydroxylation is 1. The molecule has 0 aliphatic rings. The number of aliphatic imine (C=N–C) groups is 1. The Bertz CT molecular complexity index is 686. The van der Waals surface area contributed by atoms with Crippen LogP contribution >= 0.6 is 0 Å². The standard InChI is InChI=1S/C20H31N5O2/c1-4-22-20(24-12-14-25-13-11-21-16-25)23-10-6-7-17-8-9-18(26-3)19(15-17)27-5-2/h8-9,11,13,15-16H,4-7,10,12,14H2,1-3H3,(H2,22,23,24). The van der Waals surface area contributed by atoms with E-state index in [4.69, 9.17) is 9.47 Å². The molecule has 0 saturated carbocycles. The average molecular weight is 374 g/mol. The summed E-state index contributed by atoms with van der Waals surface area (Å²) >= 11 is 0. The van der Waals surface area contributed by atoms with E-state index in [2.05, 4.69) is 39.7 Å². The molecule has 0 amide bonds. The van der Waals surface area contributed by atoms with Crippen molar-refractivity contribution in [3.05, 3.63) is 42.5 Å². The minimum atomic E-state index is 0.626. The van der Waals surface area contributed by atoms with Gasteiger partial charge in [-0.3, -0.25) is 4.99 Å². The zero-order valence-corrected chi connectivity index (χ0v) is 16.6. The number of nitrogens with zero attached hydrogens (tertiary/aromatic N) is 3. The number of aromatic nitrogens is 2. The van der Waals surface area contributed by atoms with Gasteiger partial charge in [0.25, 0.3) is 0 Å². The Labute approximate surface area is 161 Å². The molecule has 0 aliphatic heterocycles. The van der Waals surface area contributed by atoms with Crippen molar-refractivity contribution in [2.75, 3.05) is 33.4 Å². The second-order valence-corrected chi connectivity index (χ2v) is 6.01. The van der Waals surface area contributed by atoms with Crippen LogP contribution in [0.15, 0.2) is 41.9 Å². The minimum Gasteiger partial charge on any atom is -0.493 e. The van der Waals surface area contributed by atoms with Crippen LogP contribution in [0.4, 0.5) is 0 Å². The molecule has 7 nitrogen and oxygen atoms in total. The lowest BCUT2D eigenvalue weighted by atomic mass is 10.1. The zero-order valence-electron chi connectivity index (χ0n) is 16.6. The van der Waals surface area contributed by atoms with E-state index in [0.717, 1.165) is 56.5 Å². The van der Waals surface area contributed by atoms with Crippen LogP contribution in [-0.2, 0) is 13.0 Å². The van der Waals surface area contributed by atoms with E-state index < -0.39 is 0 Å². The molecule has 2 N–H and O–H groups in total. The first-order valence-electron chi connectivity index (χ1n) is 9.54. The number of guanidine groups is 1. The summed E-state index contributed by atoms with van der Waals surface area (Å²) in [6, 6.07) is 6.10. The van der Waals surface area contributed by atoms with Crippen molar-refractivity contribution in [1.82, 2.24) is 20.2 Å². The van der Waals surface area contributed by atoms with Gasteiger partial charge in [0.05, 0.1) is 20.0 Å². The molecule has 1 heterocycles. The molecule has 2 aromatic rings. The van der Waals surface area contributed by atoms with E-state index in [-0.39, 0.29) is 0 Å². The van der Waals surface area contributed by atoms with E-state index in [1.165, 1.54) is 5.56 Å². The van der Waals surface area contributed by atoms with Crippen LogP contribution in [0.1, 0.15) is 25.8 Å². The topological polar surface area (TPSA) is 72.7 Å². The highest BCUT2D eigenvalue weighted by molar-refractivity contribution is 5.79. The lowest BCUT2D eigenvalue weighted by molar-refractivity contribution is 0.310. The SMILES string of the molecule is CCNC(=NCCCc1ccc(OC)c(OCC)c1)NCCn1ccnc1. The second-order valence-electron chi connectivity index (χ2n) is 6.01. The van der Waals surface area contributed by atoms with Crippen LogP contribution in [0, 0.1) is 0 Å². The van der Waals surface area contributed by atoms with Crippen molar-refractivity contribution < 1.29 is 9.47 Å². The maximum absolute atomic E-state index is 5.64. The smallest absolute Gasteiger partial charge is 0.191 e. The minimum absolute atomic E-state index is 0.626. The molecule has 148 valence electrons. The molecule has 1 aromatic carbocycles. The predicted molar refractivity (Wildman–Crippen MR) is 109 cm³/mol. The Morgan fingerprint density at radius 1 is 1.22 bits per heavy atom. The van der Waals surface area contributed by atoms with Gasteiger partial charge < -0.3 is 24.7 Å². The summed E-state index contributed by atoms with van der Waals surface area (Å²) in [6.07, 6.45) is 7.47. The summed E-state index contributed by atoms with van der Waals surface area (Å²) in [7, 11) is 1.66. The van der Waals surface area contributed by atoms with Gasteiger partial charge in [0.1, 0.15) is 0 Å². The highest BCUT2D eigenvalue weighted by atomic mass is 16.5. The highest BCUT2D eigenvalue weighted by Gasteiger charge is 2.05. The zero-order chi connectivity index (χ0) is 19.3. The van der Waals surface area contributed by atoms with E-state index in [1.807, 2.05) is 30.1 Å². The summed E-state index contributed by atoms with van der Waals surface area (Å²) in [5.41, 5.74) is 1.23. The molecule has 0 bridgehead atoms. The van der Waals surface area contributed by atoms with Crippen molar-refractivity contribution in [3.8, 4) is 11.5 Å². The van der Waals surface area contributed by atoms with Gasteiger partial charge in [0.15, 0.2) is 17.5 Å². The third kappa shape index (κ3) is 7.21. The van der Waals surface area contributed by atoms with Crippen molar-refractivity contribution in [2.45, 2.75) is 33.2 Å². The summed E-state index contributed by atoms with van der Waals surface area (Å²) in [4.78, 5) is 8.70. The first-order chi connectivity index (χ1) is 13.3. The normalized spacial score (nSPS) is 11.3. The predicted octanol–water partition coefficient (Wildman–Crippen LogP) is 2.48. The fourth-order valence-electron chi connectivity index (χ4n) is 2.68. The second kappa shape index (κ2) is 11.8. The van der Waals surface area contributed by atoms with Crippen molar-refractivity contribution in [2.24, 2.45) is 4.99 Å². The summed E-state index contributed by atoms with van der Waals surface area (Å²) < 4.78 is 13.0. The number of imidazole rings is 1. The van der Waals surface area contributed by atoms with Gasteiger partial charge >= 0.3 is 0 Å². The van der Waals surface area contributed by atoms with Crippen LogP contribution in [-0.4, -0.2) is 48.9 Å². The van der Waals surface area contributed by atoms with Crippen LogP contribution < -0.4 is 20.1 Å². The van der Waals surface area contributed by atoms with Crippen LogP contribution in [0.3, 0.4) is 0 Å². The summed E-state index contributed by atoms with van der Waals surface area (Å²) in [5, 5.41) is 6.63. The van der Waals surface area contributed by atoms with Gasteiger partial charge in [-0.1, -0.05) is 6.07 Å². The lowest BCUT2D eigenvalue weighted by Gasteiger charge is -2.12. The first kappa shape index (κ1) is 20.6. The third-order valence-electron chi connectivity index (χ3n) is 3.99. The molecule has 27 heavy (non-hydrogen) atoms. The fraction of sp³-hybridized carbons (Fsp3) is 0.500. The van der Waals surface area contributed by atoms with Crippen molar-refractivity contribution >= 4 is 5.96 Å². The Hall–Kier alpha value is -2.70.